The van der Waals surface area contributed by atoms with E-state index in [4.69, 9.17) is 58.8 Å². The summed E-state index contributed by atoms with van der Waals surface area (Å²) in [5.41, 5.74) is 13.1. The van der Waals surface area contributed by atoms with Gasteiger partial charge in [0.2, 0.25) is 15.9 Å². The summed E-state index contributed by atoms with van der Waals surface area (Å²) in [6.07, 6.45) is 3.65. The van der Waals surface area contributed by atoms with Crippen LogP contribution in [-0.4, -0.2) is 195 Å². The second-order valence-electron chi connectivity index (χ2n) is 13.2. The summed E-state index contributed by atoms with van der Waals surface area (Å²) >= 11 is 0. The van der Waals surface area contributed by atoms with E-state index in [0.717, 1.165) is 12.8 Å². The number of fused-ring (bicyclic) bond motifs is 1. The number of carbonyl (C=O) groups excluding carboxylic acids is 1. The van der Waals surface area contributed by atoms with E-state index in [9.17, 15) is 13.2 Å². The summed E-state index contributed by atoms with van der Waals surface area (Å²) in [5.74, 6) is 0.176. The van der Waals surface area contributed by atoms with Gasteiger partial charge in [0.15, 0.2) is 0 Å². The molecule has 340 valence electrons. The van der Waals surface area contributed by atoms with Crippen molar-refractivity contribution >= 4 is 33.5 Å². The van der Waals surface area contributed by atoms with E-state index in [0.29, 0.717) is 162 Å². The van der Waals surface area contributed by atoms with Crippen molar-refractivity contribution in [2.24, 2.45) is 16.5 Å². The van der Waals surface area contributed by atoms with Gasteiger partial charge < -0.3 is 63.7 Å². The number of sulfonamides is 1. The summed E-state index contributed by atoms with van der Waals surface area (Å²) in [7, 11) is -2.33. The first-order valence-electron chi connectivity index (χ1n) is 20.6. The third-order valence-corrected chi connectivity index (χ3v) is 10.2. The highest BCUT2D eigenvalue weighted by molar-refractivity contribution is 7.89. The number of rotatable bonds is 39. The molecule has 0 aromatic heterocycles. The molecular weight excluding hydrogens is 791 g/mol. The number of amidine groups is 1. The van der Waals surface area contributed by atoms with Gasteiger partial charge in [-0.15, -0.1) is 0 Å². The molecule has 0 radical (unpaired) electrons. The van der Waals surface area contributed by atoms with E-state index in [1.807, 2.05) is 18.7 Å². The highest BCUT2D eigenvalue weighted by Gasteiger charge is 2.24. The SMILES string of the molecule is CCCN(CCC)C(=O)C1=Cc2ccc(S(=O)(=O)N(C)CCOCCOCCOCCOCCOCCOCCOCCOCCOCCOCCN)cc2N=C(N)C1. The van der Waals surface area contributed by atoms with E-state index < -0.39 is 10.0 Å². The van der Waals surface area contributed by atoms with E-state index in [-0.39, 0.29) is 36.2 Å². The second-order valence-corrected chi connectivity index (χ2v) is 15.2. The minimum absolute atomic E-state index is 0.0777. The van der Waals surface area contributed by atoms with E-state index >= 15 is 0 Å². The molecule has 19 heteroatoms. The fourth-order valence-corrected chi connectivity index (χ4v) is 6.56. The Morgan fingerprint density at radius 2 is 1.02 bits per heavy atom. The van der Waals surface area contributed by atoms with Crippen molar-refractivity contribution < 1.29 is 60.6 Å². The van der Waals surface area contributed by atoms with Gasteiger partial charge >= 0.3 is 0 Å². The number of amides is 1. The second kappa shape index (κ2) is 34.0. The maximum atomic E-state index is 13.3. The van der Waals surface area contributed by atoms with Crippen LogP contribution in [0.2, 0.25) is 0 Å². The molecule has 1 aromatic rings. The first-order valence-corrected chi connectivity index (χ1v) is 22.1. The first-order chi connectivity index (χ1) is 28.7. The number of hydrogen-bond donors (Lipinski definition) is 2. The highest BCUT2D eigenvalue weighted by Crippen LogP contribution is 2.30. The average Bonchev–Trinajstić information content (AvgIpc) is 3.39. The zero-order valence-electron chi connectivity index (χ0n) is 35.6. The third-order valence-electron chi connectivity index (χ3n) is 8.39. The lowest BCUT2D eigenvalue weighted by molar-refractivity contribution is -0.127. The Morgan fingerprint density at radius 3 is 1.41 bits per heavy atom. The van der Waals surface area contributed by atoms with Gasteiger partial charge in [-0.25, -0.2) is 13.4 Å². The average molecular weight is 862 g/mol. The zero-order chi connectivity index (χ0) is 42.8. The minimum atomic E-state index is -3.83. The molecule has 2 rings (SSSR count). The van der Waals surface area contributed by atoms with Crippen molar-refractivity contribution in [2.45, 2.75) is 38.0 Å². The number of aliphatic imine (C=N–C) groups is 1. The van der Waals surface area contributed by atoms with Gasteiger partial charge in [0.05, 0.1) is 143 Å². The summed E-state index contributed by atoms with van der Waals surface area (Å²) in [4.78, 5) is 19.6. The molecule has 0 unspecified atom stereocenters. The lowest BCUT2D eigenvalue weighted by Gasteiger charge is -2.22. The number of nitrogens with zero attached hydrogens (tertiary/aromatic N) is 3. The molecule has 1 amide bonds. The van der Waals surface area contributed by atoms with Gasteiger partial charge in [0.1, 0.15) is 5.84 Å². The predicted molar refractivity (Wildman–Crippen MR) is 225 cm³/mol. The highest BCUT2D eigenvalue weighted by atomic mass is 32.2. The Balaban J connectivity index is 1.43. The van der Waals surface area contributed by atoms with Crippen molar-refractivity contribution in [2.75, 3.05) is 165 Å². The molecule has 59 heavy (non-hydrogen) atoms. The van der Waals surface area contributed by atoms with Gasteiger partial charge in [-0.3, -0.25) is 4.79 Å². The summed E-state index contributed by atoms with van der Waals surface area (Å²) in [5, 5.41) is 0. The van der Waals surface area contributed by atoms with Crippen LogP contribution in [0.15, 0.2) is 33.7 Å². The monoisotopic (exact) mass is 861 g/mol. The molecule has 1 heterocycles. The molecule has 1 aliphatic heterocycles. The molecule has 18 nitrogen and oxygen atoms in total. The van der Waals surface area contributed by atoms with Crippen LogP contribution in [0.3, 0.4) is 0 Å². The molecule has 0 saturated carbocycles. The molecule has 0 aliphatic carbocycles. The molecule has 4 N–H and O–H groups in total. The lowest BCUT2D eigenvalue weighted by Crippen LogP contribution is -2.34. The van der Waals surface area contributed by atoms with Crippen LogP contribution < -0.4 is 11.5 Å². The van der Waals surface area contributed by atoms with Crippen LogP contribution in [-0.2, 0) is 62.2 Å². The van der Waals surface area contributed by atoms with Crippen LogP contribution >= 0.6 is 0 Å². The molecule has 0 saturated heterocycles. The molecule has 0 bridgehead atoms. The molecule has 0 fully saturated rings. The maximum Gasteiger partial charge on any atom is 0.250 e. The number of benzene rings is 1. The minimum Gasteiger partial charge on any atom is -0.387 e. The Labute approximate surface area is 351 Å². The number of hydrogen-bond acceptors (Lipinski definition) is 16. The molecule has 0 atom stereocenters. The van der Waals surface area contributed by atoms with Crippen molar-refractivity contribution in [1.82, 2.24) is 9.21 Å². The van der Waals surface area contributed by atoms with Crippen LogP contribution in [0.5, 0.6) is 0 Å². The van der Waals surface area contributed by atoms with Crippen LogP contribution in [0.4, 0.5) is 5.69 Å². The van der Waals surface area contributed by atoms with E-state index in [2.05, 4.69) is 4.99 Å². The zero-order valence-corrected chi connectivity index (χ0v) is 36.4. The van der Waals surface area contributed by atoms with Crippen LogP contribution in [0.25, 0.3) is 6.08 Å². The van der Waals surface area contributed by atoms with Gasteiger partial charge in [0, 0.05) is 50.8 Å². The number of carbonyl (C=O) groups is 1. The van der Waals surface area contributed by atoms with Gasteiger partial charge in [0.25, 0.3) is 0 Å². The smallest absolute Gasteiger partial charge is 0.250 e. The quantitative estimate of drug-likeness (QED) is 0.0905. The summed E-state index contributed by atoms with van der Waals surface area (Å²) in [6.45, 7) is 15.0. The van der Waals surface area contributed by atoms with Crippen LogP contribution in [0.1, 0.15) is 38.7 Å². The maximum absolute atomic E-state index is 13.3. The molecule has 1 aromatic carbocycles. The Hall–Kier alpha value is -2.63. The first kappa shape index (κ1) is 52.5. The Kier molecular flexibility index (Phi) is 30.3. The molecular formula is C40H71N5O13S. The van der Waals surface area contributed by atoms with E-state index in [1.165, 1.54) is 23.5 Å². The number of nitrogens with two attached hydrogens (primary N) is 2. The van der Waals surface area contributed by atoms with Crippen LogP contribution in [0, 0.1) is 0 Å². The third kappa shape index (κ3) is 23.8. The fourth-order valence-electron chi connectivity index (χ4n) is 5.38. The van der Waals surface area contributed by atoms with Crippen molar-refractivity contribution in [1.29, 1.82) is 0 Å². The predicted octanol–water partition coefficient (Wildman–Crippen LogP) is 1.86. The number of likely N-dealkylation sites (N-methyl/N-ethyl adjacent to an activating group) is 1. The topological polar surface area (TPSA) is 214 Å². The van der Waals surface area contributed by atoms with Gasteiger partial charge in [-0.2, -0.15) is 4.31 Å². The Morgan fingerprint density at radius 1 is 0.627 bits per heavy atom. The Bertz CT molecular complexity index is 1410. The summed E-state index contributed by atoms with van der Waals surface area (Å²) < 4.78 is 82.5. The largest absolute Gasteiger partial charge is 0.387 e. The van der Waals surface area contributed by atoms with E-state index in [1.54, 1.807) is 12.1 Å². The summed E-state index contributed by atoms with van der Waals surface area (Å²) in [6, 6.07) is 4.68. The van der Waals surface area contributed by atoms with Gasteiger partial charge in [-0.05, 0) is 31.1 Å². The van der Waals surface area contributed by atoms with Crippen molar-refractivity contribution in [3.63, 3.8) is 0 Å². The van der Waals surface area contributed by atoms with Crippen molar-refractivity contribution in [3.05, 3.63) is 29.3 Å². The molecule has 1 aliphatic rings. The lowest BCUT2D eigenvalue weighted by atomic mass is 10.1. The van der Waals surface area contributed by atoms with Gasteiger partial charge in [-0.1, -0.05) is 19.9 Å². The fraction of sp³-hybridized carbons (Fsp3) is 0.750. The van der Waals surface area contributed by atoms with Crippen molar-refractivity contribution in [3.8, 4) is 0 Å². The number of ether oxygens (including phenoxy) is 10. The standard InChI is InChI=1S/C40H71N5O13S/c1-4-9-45(10-5-2)40(46)36-32-35-6-7-37(34-38(35)43-39(42)33-36)59(47,48)44(3)11-13-50-15-17-52-19-21-54-23-25-56-27-29-58-31-30-57-28-26-55-24-22-53-20-18-51-16-14-49-12-8-41/h6-7,32,34H,4-5,8-31,33,41H2,1-3H3,(H2,42,43). The normalized spacial score (nSPS) is 13.0. The molecule has 0 spiro atoms.